The number of ether oxygens (including phenoxy) is 2. The number of aliphatic hydroxyl groups excluding tert-OH is 1. The third-order valence-corrected chi connectivity index (χ3v) is 7.16. The van der Waals surface area contributed by atoms with Gasteiger partial charge < -0.3 is 19.5 Å². The van der Waals surface area contributed by atoms with Crippen molar-refractivity contribution in [3.05, 3.63) is 106 Å². The summed E-state index contributed by atoms with van der Waals surface area (Å²) in [4.78, 5) is 28.0. The number of benzene rings is 3. The summed E-state index contributed by atoms with van der Waals surface area (Å²) in [6.07, 6.45) is 0. The van der Waals surface area contributed by atoms with Gasteiger partial charge in [-0.05, 0) is 59.7 Å². The molecule has 0 aliphatic carbocycles. The topological polar surface area (TPSA) is 76.1 Å². The molecular weight excluding hydrogens is 490 g/mol. The molecule has 3 aromatic carbocycles. The molecule has 0 radical (unpaired) electrons. The van der Waals surface area contributed by atoms with Crippen LogP contribution in [0.1, 0.15) is 60.2 Å². The lowest BCUT2D eigenvalue weighted by Crippen LogP contribution is -2.32. The molecule has 1 saturated heterocycles. The molecule has 6 heteroatoms. The number of carbonyl (C=O) groups excluding carboxylic acids is 2. The molecule has 1 N–H and O–H groups in total. The molecule has 6 nitrogen and oxygen atoms in total. The van der Waals surface area contributed by atoms with Crippen molar-refractivity contribution in [1.82, 2.24) is 4.90 Å². The van der Waals surface area contributed by atoms with Gasteiger partial charge in [0.25, 0.3) is 11.7 Å². The lowest BCUT2D eigenvalue weighted by molar-refractivity contribution is -0.140. The van der Waals surface area contributed by atoms with E-state index in [1.807, 2.05) is 80.6 Å². The van der Waals surface area contributed by atoms with E-state index < -0.39 is 17.7 Å². The van der Waals surface area contributed by atoms with Crippen molar-refractivity contribution in [3.8, 4) is 5.75 Å². The van der Waals surface area contributed by atoms with Crippen molar-refractivity contribution >= 4 is 17.4 Å². The highest BCUT2D eigenvalue weighted by molar-refractivity contribution is 6.46. The van der Waals surface area contributed by atoms with Crippen LogP contribution in [0.4, 0.5) is 0 Å². The van der Waals surface area contributed by atoms with Gasteiger partial charge in [-0.1, -0.05) is 74.9 Å². The monoisotopic (exact) mass is 527 g/mol. The number of likely N-dealkylation sites (tertiary alicyclic amines) is 1. The molecule has 1 heterocycles. The number of rotatable bonds is 8. The number of hydrogen-bond donors (Lipinski definition) is 1. The van der Waals surface area contributed by atoms with Gasteiger partial charge in [0, 0.05) is 19.2 Å². The number of amides is 1. The van der Waals surface area contributed by atoms with Gasteiger partial charge in [-0.3, -0.25) is 9.59 Å². The van der Waals surface area contributed by atoms with Gasteiger partial charge in [-0.25, -0.2) is 0 Å². The summed E-state index contributed by atoms with van der Waals surface area (Å²) >= 11 is 0. The largest absolute Gasteiger partial charge is 0.507 e. The third-order valence-electron chi connectivity index (χ3n) is 7.16. The van der Waals surface area contributed by atoms with Gasteiger partial charge >= 0.3 is 0 Å². The zero-order valence-corrected chi connectivity index (χ0v) is 23.6. The Hall–Kier alpha value is -3.90. The van der Waals surface area contributed by atoms with E-state index in [-0.39, 0.29) is 29.9 Å². The molecular formula is C33H37NO5. The standard InChI is InChI=1S/C33H37NO5/c1-21-7-10-23(11-8-21)20-39-26-15-12-24(13-16-26)29-28(31(36)32(37)34(29)17-18-38-6)30(35)27-19-25(33(3,4)5)14-9-22(27)2/h7-16,19,29,35H,17-18,20H2,1-6H3/b30-28+. The van der Waals surface area contributed by atoms with E-state index in [0.717, 1.165) is 16.7 Å². The van der Waals surface area contributed by atoms with Crippen LogP contribution in [0, 0.1) is 13.8 Å². The summed E-state index contributed by atoms with van der Waals surface area (Å²) in [5.74, 6) is -0.847. The lowest BCUT2D eigenvalue weighted by atomic mass is 9.84. The molecule has 1 aliphatic heterocycles. The average Bonchev–Trinajstić information content (AvgIpc) is 3.16. The lowest BCUT2D eigenvalue weighted by Gasteiger charge is -2.26. The minimum Gasteiger partial charge on any atom is -0.507 e. The molecule has 3 aromatic rings. The molecule has 1 unspecified atom stereocenters. The molecule has 204 valence electrons. The zero-order valence-electron chi connectivity index (χ0n) is 23.6. The predicted octanol–water partition coefficient (Wildman–Crippen LogP) is 6.25. The van der Waals surface area contributed by atoms with Crippen LogP contribution in [0.5, 0.6) is 5.75 Å². The smallest absolute Gasteiger partial charge is 0.295 e. The van der Waals surface area contributed by atoms with Crippen molar-refractivity contribution in [1.29, 1.82) is 0 Å². The first-order chi connectivity index (χ1) is 18.5. The maximum absolute atomic E-state index is 13.3. The maximum atomic E-state index is 13.3. The Bertz CT molecular complexity index is 1380. The number of carbonyl (C=O) groups is 2. The van der Waals surface area contributed by atoms with Crippen LogP contribution in [0.3, 0.4) is 0 Å². The Morgan fingerprint density at radius 1 is 0.949 bits per heavy atom. The first-order valence-electron chi connectivity index (χ1n) is 13.2. The van der Waals surface area contributed by atoms with Crippen LogP contribution in [0.15, 0.2) is 72.3 Å². The number of Topliss-reactive ketones (excluding diaryl/α,β-unsaturated/α-hetero) is 1. The molecule has 1 amide bonds. The third kappa shape index (κ3) is 6.07. The molecule has 0 saturated carbocycles. The zero-order chi connectivity index (χ0) is 28.3. The first-order valence-corrected chi connectivity index (χ1v) is 13.2. The molecule has 0 aromatic heterocycles. The summed E-state index contributed by atoms with van der Waals surface area (Å²) in [6, 6.07) is 20.6. The summed E-state index contributed by atoms with van der Waals surface area (Å²) in [6.45, 7) is 11.1. The van der Waals surface area contributed by atoms with E-state index in [1.54, 1.807) is 7.11 Å². The number of ketones is 1. The van der Waals surface area contributed by atoms with Crippen LogP contribution in [-0.4, -0.2) is 42.0 Å². The van der Waals surface area contributed by atoms with Crippen LogP contribution < -0.4 is 4.74 Å². The summed E-state index contributed by atoms with van der Waals surface area (Å²) in [5.41, 5.74) is 5.28. The van der Waals surface area contributed by atoms with Gasteiger partial charge in [0.2, 0.25) is 0 Å². The molecule has 39 heavy (non-hydrogen) atoms. The molecule has 1 fully saturated rings. The Kier molecular flexibility index (Phi) is 8.26. The number of methoxy groups -OCH3 is 1. The van der Waals surface area contributed by atoms with E-state index in [1.165, 1.54) is 10.5 Å². The van der Waals surface area contributed by atoms with Crippen molar-refractivity contribution in [2.75, 3.05) is 20.3 Å². The first kappa shape index (κ1) is 28.1. The fourth-order valence-electron chi connectivity index (χ4n) is 4.73. The number of hydrogen-bond acceptors (Lipinski definition) is 5. The molecule has 0 bridgehead atoms. The van der Waals surface area contributed by atoms with Crippen molar-refractivity contribution < 1.29 is 24.2 Å². The van der Waals surface area contributed by atoms with Crippen LogP contribution >= 0.6 is 0 Å². The van der Waals surface area contributed by atoms with Crippen molar-refractivity contribution in [2.45, 2.75) is 52.7 Å². The summed E-state index contributed by atoms with van der Waals surface area (Å²) in [7, 11) is 1.55. The van der Waals surface area contributed by atoms with Gasteiger partial charge in [0.1, 0.15) is 18.1 Å². The predicted molar refractivity (Wildman–Crippen MR) is 153 cm³/mol. The van der Waals surface area contributed by atoms with Crippen LogP contribution in [0.25, 0.3) is 5.76 Å². The average molecular weight is 528 g/mol. The van der Waals surface area contributed by atoms with Crippen molar-refractivity contribution in [2.24, 2.45) is 0 Å². The Morgan fingerprint density at radius 3 is 2.23 bits per heavy atom. The number of aliphatic hydroxyl groups is 1. The van der Waals surface area contributed by atoms with E-state index in [9.17, 15) is 14.7 Å². The van der Waals surface area contributed by atoms with Crippen molar-refractivity contribution in [3.63, 3.8) is 0 Å². The quantitative estimate of drug-likeness (QED) is 0.213. The Balaban J connectivity index is 1.72. The van der Waals surface area contributed by atoms with E-state index in [0.29, 0.717) is 23.5 Å². The highest BCUT2D eigenvalue weighted by atomic mass is 16.5. The Morgan fingerprint density at radius 2 is 1.62 bits per heavy atom. The van der Waals surface area contributed by atoms with Crippen LogP contribution in [0.2, 0.25) is 0 Å². The highest BCUT2D eigenvalue weighted by Crippen LogP contribution is 2.40. The van der Waals surface area contributed by atoms with Crippen LogP contribution in [-0.2, 0) is 26.3 Å². The fourth-order valence-corrected chi connectivity index (χ4v) is 4.73. The van der Waals surface area contributed by atoms with E-state index >= 15 is 0 Å². The normalized spacial score (nSPS) is 17.1. The van der Waals surface area contributed by atoms with E-state index in [4.69, 9.17) is 9.47 Å². The van der Waals surface area contributed by atoms with Gasteiger partial charge in [0.05, 0.1) is 18.2 Å². The highest BCUT2D eigenvalue weighted by Gasteiger charge is 2.46. The molecule has 1 atom stereocenters. The number of aryl methyl sites for hydroxylation is 2. The molecule has 1 aliphatic rings. The second-order valence-electron chi connectivity index (χ2n) is 11.1. The minimum atomic E-state index is -0.746. The minimum absolute atomic E-state index is 0.0820. The van der Waals surface area contributed by atoms with E-state index in [2.05, 4.69) is 20.8 Å². The van der Waals surface area contributed by atoms with Gasteiger partial charge in [0.15, 0.2) is 0 Å². The SMILES string of the molecule is COCCN1C(=O)C(=O)/C(=C(/O)c2cc(C(C)(C)C)ccc2C)C1c1ccc(OCc2ccc(C)cc2)cc1. The summed E-state index contributed by atoms with van der Waals surface area (Å²) < 4.78 is 11.2. The second-order valence-corrected chi connectivity index (χ2v) is 11.1. The Labute approximate surface area is 230 Å². The molecule has 4 rings (SSSR count). The summed E-state index contributed by atoms with van der Waals surface area (Å²) in [5, 5.41) is 11.6. The maximum Gasteiger partial charge on any atom is 0.295 e. The second kappa shape index (κ2) is 11.5. The fraction of sp³-hybridized carbons (Fsp3) is 0.333. The molecule has 0 spiro atoms. The van der Waals surface area contributed by atoms with Gasteiger partial charge in [-0.15, -0.1) is 0 Å². The number of nitrogens with zero attached hydrogens (tertiary/aromatic N) is 1. The van der Waals surface area contributed by atoms with Gasteiger partial charge in [-0.2, -0.15) is 0 Å².